The van der Waals surface area contributed by atoms with Crippen molar-refractivity contribution in [1.82, 2.24) is 0 Å². The van der Waals surface area contributed by atoms with Crippen LogP contribution in [0.4, 0.5) is 5.69 Å². The highest BCUT2D eigenvalue weighted by Gasteiger charge is 2.34. The fourth-order valence-electron chi connectivity index (χ4n) is 1.92. The second kappa shape index (κ2) is 5.60. The van der Waals surface area contributed by atoms with Crippen molar-refractivity contribution in [3.05, 3.63) is 33.9 Å². The normalized spacial score (nSPS) is 18.4. The molecule has 1 aromatic carbocycles. The summed E-state index contributed by atoms with van der Waals surface area (Å²) in [6.07, 6.45) is 0. The van der Waals surface area contributed by atoms with Crippen LogP contribution in [0, 0.1) is 15.5 Å². The third-order valence-electron chi connectivity index (χ3n) is 2.99. The number of alkyl halides is 1. The van der Waals surface area contributed by atoms with E-state index in [2.05, 4.69) is 29.8 Å². The monoisotopic (exact) mass is 327 g/mol. The van der Waals surface area contributed by atoms with Gasteiger partial charge in [0.15, 0.2) is 0 Å². The first-order chi connectivity index (χ1) is 8.93. The standard InChI is InChI=1S/C12H15BBrNO4/c1-12(2)7-18-13(19-8-12)11-4-3-10(15(16)17)5-9(11)6-14/h3-5H,6-8H2,1-2H3. The number of halogens is 1. The molecular formula is C12H15BBrNO4. The topological polar surface area (TPSA) is 61.6 Å². The van der Waals surface area contributed by atoms with Crippen LogP contribution < -0.4 is 5.46 Å². The molecule has 0 saturated carbocycles. The van der Waals surface area contributed by atoms with Crippen molar-refractivity contribution in [1.29, 1.82) is 0 Å². The van der Waals surface area contributed by atoms with Gasteiger partial charge in [-0.3, -0.25) is 10.1 Å². The summed E-state index contributed by atoms with van der Waals surface area (Å²) in [5.41, 5.74) is 1.75. The molecule has 0 spiro atoms. The van der Waals surface area contributed by atoms with Crippen molar-refractivity contribution in [3.63, 3.8) is 0 Å². The molecule has 0 aromatic heterocycles. The molecule has 0 radical (unpaired) electrons. The van der Waals surface area contributed by atoms with Crippen molar-refractivity contribution in [2.24, 2.45) is 5.41 Å². The van der Waals surface area contributed by atoms with E-state index >= 15 is 0 Å². The fraction of sp³-hybridized carbons (Fsp3) is 0.500. The van der Waals surface area contributed by atoms with E-state index in [0.717, 1.165) is 11.0 Å². The Labute approximate surface area is 120 Å². The van der Waals surface area contributed by atoms with Gasteiger partial charge in [-0.25, -0.2) is 0 Å². The molecule has 7 heteroatoms. The summed E-state index contributed by atoms with van der Waals surface area (Å²) in [6.45, 7) is 5.36. The van der Waals surface area contributed by atoms with Crippen molar-refractivity contribution in [2.75, 3.05) is 13.2 Å². The molecule has 0 bridgehead atoms. The predicted octanol–water partition coefficient (Wildman–Crippen LogP) is 2.26. The first kappa shape index (κ1) is 14.5. The van der Waals surface area contributed by atoms with Gasteiger partial charge in [0.1, 0.15) is 0 Å². The van der Waals surface area contributed by atoms with Crippen LogP contribution in [0.5, 0.6) is 0 Å². The van der Waals surface area contributed by atoms with E-state index in [9.17, 15) is 10.1 Å². The van der Waals surface area contributed by atoms with E-state index in [-0.39, 0.29) is 11.1 Å². The van der Waals surface area contributed by atoms with Gasteiger partial charge in [0, 0.05) is 36.1 Å². The third-order valence-corrected chi connectivity index (χ3v) is 3.59. The van der Waals surface area contributed by atoms with Crippen LogP contribution >= 0.6 is 15.9 Å². The molecule has 1 aliphatic heterocycles. The highest BCUT2D eigenvalue weighted by Crippen LogP contribution is 2.23. The maximum absolute atomic E-state index is 10.8. The summed E-state index contributed by atoms with van der Waals surface area (Å²) in [6, 6.07) is 4.74. The predicted molar refractivity (Wildman–Crippen MR) is 76.8 cm³/mol. The molecule has 0 amide bonds. The minimum absolute atomic E-state index is 0.00580. The van der Waals surface area contributed by atoms with Crippen LogP contribution in [-0.2, 0) is 14.6 Å². The lowest BCUT2D eigenvalue weighted by molar-refractivity contribution is -0.384. The number of hydrogen-bond donors (Lipinski definition) is 0. The maximum Gasteiger partial charge on any atom is 0.494 e. The highest BCUT2D eigenvalue weighted by atomic mass is 79.9. The van der Waals surface area contributed by atoms with Crippen molar-refractivity contribution < 1.29 is 14.2 Å². The van der Waals surface area contributed by atoms with Crippen LogP contribution in [0.2, 0.25) is 0 Å². The van der Waals surface area contributed by atoms with Gasteiger partial charge in [0.05, 0.1) is 4.92 Å². The molecule has 0 atom stereocenters. The van der Waals surface area contributed by atoms with Crippen LogP contribution in [0.25, 0.3) is 0 Å². The van der Waals surface area contributed by atoms with E-state index in [4.69, 9.17) is 9.31 Å². The van der Waals surface area contributed by atoms with E-state index in [1.807, 2.05) is 0 Å². The lowest BCUT2D eigenvalue weighted by atomic mass is 9.73. The summed E-state index contributed by atoms with van der Waals surface area (Å²) in [5, 5.41) is 11.3. The summed E-state index contributed by atoms with van der Waals surface area (Å²) in [5.74, 6) is 0. The number of nitro groups is 1. The average molecular weight is 328 g/mol. The number of rotatable bonds is 3. The molecule has 1 heterocycles. The Bertz CT molecular complexity index is 485. The Morgan fingerprint density at radius 3 is 2.58 bits per heavy atom. The Hall–Kier alpha value is -0.915. The molecule has 1 aromatic rings. The van der Waals surface area contributed by atoms with E-state index in [1.165, 1.54) is 6.07 Å². The van der Waals surface area contributed by atoms with Crippen molar-refractivity contribution in [2.45, 2.75) is 19.2 Å². The van der Waals surface area contributed by atoms with Gasteiger partial charge in [0.2, 0.25) is 0 Å². The number of nitrogens with zero attached hydrogens (tertiary/aromatic N) is 1. The van der Waals surface area contributed by atoms with Crippen LogP contribution in [0.3, 0.4) is 0 Å². The van der Waals surface area contributed by atoms with Crippen molar-refractivity contribution in [3.8, 4) is 0 Å². The van der Waals surface area contributed by atoms with Crippen molar-refractivity contribution >= 4 is 34.2 Å². The van der Waals surface area contributed by atoms with Crippen LogP contribution in [-0.4, -0.2) is 25.3 Å². The second-order valence-corrected chi connectivity index (χ2v) is 5.95. The zero-order chi connectivity index (χ0) is 14.0. The number of nitro benzene ring substituents is 1. The quantitative estimate of drug-likeness (QED) is 0.370. The Kier molecular flexibility index (Phi) is 4.27. The van der Waals surface area contributed by atoms with Gasteiger partial charge < -0.3 is 9.31 Å². The largest absolute Gasteiger partial charge is 0.494 e. The zero-order valence-corrected chi connectivity index (χ0v) is 12.5. The Balaban J connectivity index is 2.23. The minimum Gasteiger partial charge on any atom is -0.407 e. The third kappa shape index (κ3) is 3.35. The minimum atomic E-state index is -0.443. The SMILES string of the molecule is CC1(C)COB(c2ccc([N+](=O)[O-])cc2CBr)OC1. The summed E-state index contributed by atoms with van der Waals surface area (Å²) < 4.78 is 11.4. The fourth-order valence-corrected chi connectivity index (χ4v) is 2.41. The number of non-ortho nitro benzene ring substituents is 1. The van der Waals surface area contributed by atoms with E-state index in [1.54, 1.807) is 12.1 Å². The lowest BCUT2D eigenvalue weighted by Crippen LogP contribution is -2.48. The van der Waals surface area contributed by atoms with E-state index < -0.39 is 12.0 Å². The number of hydrogen-bond acceptors (Lipinski definition) is 4. The maximum atomic E-state index is 10.8. The Morgan fingerprint density at radius 2 is 2.05 bits per heavy atom. The molecular weight excluding hydrogens is 313 g/mol. The summed E-state index contributed by atoms with van der Waals surface area (Å²) in [7, 11) is -0.443. The molecule has 2 rings (SSSR count). The molecule has 0 N–H and O–H groups in total. The summed E-state index contributed by atoms with van der Waals surface area (Å²) >= 11 is 3.35. The molecule has 5 nitrogen and oxygen atoms in total. The Morgan fingerprint density at radius 1 is 1.42 bits per heavy atom. The van der Waals surface area contributed by atoms with Gasteiger partial charge in [0.25, 0.3) is 5.69 Å². The molecule has 1 fully saturated rings. The molecule has 1 saturated heterocycles. The average Bonchev–Trinajstić information content (AvgIpc) is 2.38. The molecule has 0 aliphatic carbocycles. The van der Waals surface area contributed by atoms with Crippen LogP contribution in [0.1, 0.15) is 19.4 Å². The van der Waals surface area contributed by atoms with Gasteiger partial charge in [-0.1, -0.05) is 35.8 Å². The van der Waals surface area contributed by atoms with Gasteiger partial charge >= 0.3 is 7.12 Å². The highest BCUT2D eigenvalue weighted by molar-refractivity contribution is 9.08. The molecule has 0 unspecified atom stereocenters. The van der Waals surface area contributed by atoms with Gasteiger partial charge in [-0.2, -0.15) is 0 Å². The molecule has 102 valence electrons. The smallest absolute Gasteiger partial charge is 0.407 e. The second-order valence-electron chi connectivity index (χ2n) is 5.39. The molecule has 1 aliphatic rings. The van der Waals surface area contributed by atoms with Gasteiger partial charge in [-0.15, -0.1) is 0 Å². The lowest BCUT2D eigenvalue weighted by Gasteiger charge is -2.33. The number of benzene rings is 1. The van der Waals surface area contributed by atoms with Gasteiger partial charge in [-0.05, 0) is 11.0 Å². The first-order valence-electron chi connectivity index (χ1n) is 5.99. The van der Waals surface area contributed by atoms with Crippen LogP contribution in [0.15, 0.2) is 18.2 Å². The first-order valence-corrected chi connectivity index (χ1v) is 7.11. The zero-order valence-electron chi connectivity index (χ0n) is 10.9. The molecule has 19 heavy (non-hydrogen) atoms. The van der Waals surface area contributed by atoms with E-state index in [0.29, 0.717) is 18.5 Å². The summed E-state index contributed by atoms with van der Waals surface area (Å²) in [4.78, 5) is 10.4.